The number of likely N-dealkylation sites (tertiary alicyclic amines) is 1. The molecule has 1 fully saturated rings. The number of aryl methyl sites for hydroxylation is 1. The van der Waals surface area contributed by atoms with Crippen molar-refractivity contribution in [3.63, 3.8) is 0 Å². The number of carbonyl (C=O) groups excluding carboxylic acids is 1. The van der Waals surface area contributed by atoms with Gasteiger partial charge in [0, 0.05) is 30.3 Å². The molecule has 0 radical (unpaired) electrons. The zero-order chi connectivity index (χ0) is 15.3. The van der Waals surface area contributed by atoms with Crippen molar-refractivity contribution in [2.24, 2.45) is 0 Å². The Hall–Kier alpha value is -2.13. The summed E-state index contributed by atoms with van der Waals surface area (Å²) in [6.45, 7) is 4.09. The van der Waals surface area contributed by atoms with Crippen LogP contribution in [0.4, 0.5) is 5.69 Å². The number of amides is 1. The number of nitrogens with zero attached hydrogens (tertiary/aromatic N) is 2. The summed E-state index contributed by atoms with van der Waals surface area (Å²) in [5.74, 6) is 0.557. The predicted octanol–water partition coefficient (Wildman–Crippen LogP) is 3.05. The van der Waals surface area contributed by atoms with Gasteiger partial charge in [0.2, 0.25) is 0 Å². The lowest BCUT2D eigenvalue weighted by Crippen LogP contribution is -2.40. The van der Waals surface area contributed by atoms with Crippen LogP contribution in [0.2, 0.25) is 0 Å². The Kier molecular flexibility index (Phi) is 3.05. The standard InChI is InChI=1S/C19H20N2O/c1-13-8-9-17-15(10-13)16-11-20(2)12-18(16)21(17)19(22)14-6-4-3-5-7-14/h3-10,16,18H,11-12H2,1-2H3/t16-,18-/m1/s1. The predicted molar refractivity (Wildman–Crippen MR) is 88.5 cm³/mol. The summed E-state index contributed by atoms with van der Waals surface area (Å²) in [7, 11) is 2.14. The molecule has 2 aliphatic heterocycles. The number of benzene rings is 2. The van der Waals surface area contributed by atoms with Crippen molar-refractivity contribution in [1.82, 2.24) is 4.90 Å². The number of rotatable bonds is 1. The summed E-state index contributed by atoms with van der Waals surface area (Å²) in [5.41, 5.74) is 4.46. The topological polar surface area (TPSA) is 23.6 Å². The fraction of sp³-hybridized carbons (Fsp3) is 0.316. The summed E-state index contributed by atoms with van der Waals surface area (Å²) in [6, 6.07) is 16.3. The molecule has 2 atom stereocenters. The lowest BCUT2D eigenvalue weighted by molar-refractivity contribution is 0.0979. The molecule has 2 aliphatic rings. The summed E-state index contributed by atoms with van der Waals surface area (Å²) in [4.78, 5) is 17.4. The van der Waals surface area contributed by atoms with Gasteiger partial charge in [0.25, 0.3) is 5.91 Å². The second-order valence-electron chi connectivity index (χ2n) is 6.50. The second-order valence-corrected chi connectivity index (χ2v) is 6.50. The molecule has 2 aromatic carbocycles. The van der Waals surface area contributed by atoms with E-state index in [0.29, 0.717) is 5.92 Å². The highest BCUT2D eigenvalue weighted by atomic mass is 16.2. The van der Waals surface area contributed by atoms with Gasteiger partial charge in [-0.3, -0.25) is 4.79 Å². The van der Waals surface area contributed by atoms with Crippen LogP contribution in [0.15, 0.2) is 48.5 Å². The second kappa shape index (κ2) is 4.96. The largest absolute Gasteiger partial charge is 0.304 e. The van der Waals surface area contributed by atoms with E-state index in [-0.39, 0.29) is 11.9 Å². The highest BCUT2D eigenvalue weighted by Gasteiger charge is 2.46. The highest BCUT2D eigenvalue weighted by molar-refractivity contribution is 6.08. The minimum absolute atomic E-state index is 0.119. The molecule has 0 aromatic heterocycles. The van der Waals surface area contributed by atoms with Crippen LogP contribution in [-0.2, 0) is 0 Å². The van der Waals surface area contributed by atoms with Gasteiger partial charge >= 0.3 is 0 Å². The van der Waals surface area contributed by atoms with Crippen molar-refractivity contribution in [1.29, 1.82) is 0 Å². The molecule has 3 heteroatoms. The lowest BCUT2D eigenvalue weighted by Gasteiger charge is -2.25. The third-order valence-corrected chi connectivity index (χ3v) is 4.88. The highest BCUT2D eigenvalue weighted by Crippen LogP contribution is 2.45. The number of hydrogen-bond acceptors (Lipinski definition) is 2. The number of fused-ring (bicyclic) bond motifs is 3. The van der Waals surface area contributed by atoms with E-state index < -0.39 is 0 Å². The van der Waals surface area contributed by atoms with E-state index in [9.17, 15) is 4.79 Å². The Bertz CT molecular complexity index is 725. The third kappa shape index (κ3) is 1.97. The maximum atomic E-state index is 13.1. The molecule has 112 valence electrons. The van der Waals surface area contributed by atoms with Gasteiger partial charge in [-0.15, -0.1) is 0 Å². The average Bonchev–Trinajstić information content (AvgIpc) is 3.03. The number of carbonyl (C=O) groups is 1. The molecule has 2 heterocycles. The molecule has 0 bridgehead atoms. The Morgan fingerprint density at radius 3 is 2.64 bits per heavy atom. The first-order valence-electron chi connectivity index (χ1n) is 7.83. The van der Waals surface area contributed by atoms with E-state index in [1.807, 2.05) is 35.2 Å². The monoisotopic (exact) mass is 292 g/mol. The molecule has 0 saturated carbocycles. The van der Waals surface area contributed by atoms with Crippen molar-refractivity contribution in [2.75, 3.05) is 25.0 Å². The Morgan fingerprint density at radius 1 is 1.09 bits per heavy atom. The Balaban J connectivity index is 1.80. The molecule has 0 spiro atoms. The number of likely N-dealkylation sites (N-methyl/N-ethyl adjacent to an activating group) is 1. The van der Waals surface area contributed by atoms with Gasteiger partial charge in [-0.25, -0.2) is 0 Å². The van der Waals surface area contributed by atoms with Gasteiger partial charge in [-0.2, -0.15) is 0 Å². The first kappa shape index (κ1) is 13.5. The number of hydrogen-bond donors (Lipinski definition) is 0. The molecule has 2 aromatic rings. The van der Waals surface area contributed by atoms with Crippen molar-refractivity contribution in [2.45, 2.75) is 18.9 Å². The molecule has 0 unspecified atom stereocenters. The molecular formula is C19H20N2O. The molecule has 22 heavy (non-hydrogen) atoms. The molecule has 0 N–H and O–H groups in total. The SMILES string of the molecule is Cc1ccc2c(c1)[C@H]1CN(C)C[C@H]1N2C(=O)c1ccccc1. The molecule has 0 aliphatic carbocycles. The van der Waals surface area contributed by atoms with Crippen LogP contribution in [0.25, 0.3) is 0 Å². The summed E-state index contributed by atoms with van der Waals surface area (Å²) >= 11 is 0. The first-order chi connectivity index (χ1) is 10.6. The Labute approximate surface area is 131 Å². The fourth-order valence-corrected chi connectivity index (χ4v) is 3.89. The smallest absolute Gasteiger partial charge is 0.258 e. The average molecular weight is 292 g/mol. The molecule has 1 saturated heterocycles. The van der Waals surface area contributed by atoms with Crippen LogP contribution in [0.1, 0.15) is 27.4 Å². The minimum atomic E-state index is 0.119. The first-order valence-corrected chi connectivity index (χ1v) is 7.83. The lowest BCUT2D eigenvalue weighted by atomic mass is 9.97. The van der Waals surface area contributed by atoms with Crippen LogP contribution < -0.4 is 4.90 Å². The van der Waals surface area contributed by atoms with E-state index >= 15 is 0 Å². The summed E-state index contributed by atoms with van der Waals surface area (Å²) in [5, 5.41) is 0. The zero-order valence-corrected chi connectivity index (χ0v) is 13.0. The molecule has 1 amide bonds. The van der Waals surface area contributed by atoms with Crippen molar-refractivity contribution < 1.29 is 4.79 Å². The van der Waals surface area contributed by atoms with E-state index in [0.717, 1.165) is 24.3 Å². The molecule has 3 nitrogen and oxygen atoms in total. The fourth-order valence-electron chi connectivity index (χ4n) is 3.89. The quantitative estimate of drug-likeness (QED) is 0.806. The molecule has 4 rings (SSSR count). The Morgan fingerprint density at radius 2 is 1.86 bits per heavy atom. The normalized spacial score (nSPS) is 23.5. The van der Waals surface area contributed by atoms with Gasteiger partial charge in [-0.05, 0) is 37.7 Å². The maximum absolute atomic E-state index is 13.1. The minimum Gasteiger partial charge on any atom is -0.304 e. The van der Waals surface area contributed by atoms with Gasteiger partial charge in [-0.1, -0.05) is 35.9 Å². The van der Waals surface area contributed by atoms with Gasteiger partial charge < -0.3 is 9.80 Å². The third-order valence-electron chi connectivity index (χ3n) is 4.88. The van der Waals surface area contributed by atoms with Crippen LogP contribution in [-0.4, -0.2) is 37.0 Å². The number of anilines is 1. The van der Waals surface area contributed by atoms with Crippen molar-refractivity contribution in [3.05, 3.63) is 65.2 Å². The van der Waals surface area contributed by atoms with Crippen LogP contribution >= 0.6 is 0 Å². The van der Waals surface area contributed by atoms with Crippen LogP contribution in [0, 0.1) is 6.92 Å². The van der Waals surface area contributed by atoms with Gasteiger partial charge in [0.05, 0.1) is 6.04 Å². The van der Waals surface area contributed by atoms with Crippen molar-refractivity contribution in [3.8, 4) is 0 Å². The van der Waals surface area contributed by atoms with E-state index in [1.165, 1.54) is 11.1 Å². The van der Waals surface area contributed by atoms with Gasteiger partial charge in [0.1, 0.15) is 0 Å². The van der Waals surface area contributed by atoms with Crippen LogP contribution in [0.5, 0.6) is 0 Å². The van der Waals surface area contributed by atoms with E-state index in [2.05, 4.69) is 37.1 Å². The maximum Gasteiger partial charge on any atom is 0.258 e. The van der Waals surface area contributed by atoms with Gasteiger partial charge in [0.15, 0.2) is 0 Å². The summed E-state index contributed by atoms with van der Waals surface area (Å²) < 4.78 is 0. The summed E-state index contributed by atoms with van der Waals surface area (Å²) in [6.07, 6.45) is 0. The zero-order valence-electron chi connectivity index (χ0n) is 13.0. The van der Waals surface area contributed by atoms with E-state index in [4.69, 9.17) is 0 Å². The van der Waals surface area contributed by atoms with Crippen LogP contribution in [0.3, 0.4) is 0 Å². The molecular weight excluding hydrogens is 272 g/mol. The van der Waals surface area contributed by atoms with E-state index in [1.54, 1.807) is 0 Å². The van der Waals surface area contributed by atoms with Crippen molar-refractivity contribution >= 4 is 11.6 Å².